The third-order valence-electron chi connectivity index (χ3n) is 4.02. The molecule has 120 valence electrons. The van der Waals surface area contributed by atoms with Crippen LogP contribution in [-0.4, -0.2) is 17.1 Å². The van der Waals surface area contributed by atoms with Gasteiger partial charge in [-0.3, -0.25) is 0 Å². The average Bonchev–Trinajstić information content (AvgIpc) is 2.65. The monoisotopic (exact) mass is 333 g/mol. The molecule has 24 heavy (non-hydrogen) atoms. The molecule has 0 unspecified atom stereocenters. The number of benzene rings is 3. The predicted octanol–water partition coefficient (Wildman–Crippen LogP) is 4.31. The summed E-state index contributed by atoms with van der Waals surface area (Å²) >= 11 is 0. The standard InChI is InChI=1S/C21H20NOP/c1-17-10-8-9-15-20(17)21(22-23)16-24(18-11-4-2-5-12-18)19-13-6-3-7-14-19/h2-15,23H,16H2,1H3. The maximum absolute atomic E-state index is 9.64. The molecule has 0 aliphatic heterocycles. The van der Waals surface area contributed by atoms with Crippen LogP contribution in [0.4, 0.5) is 0 Å². The van der Waals surface area contributed by atoms with E-state index in [1.165, 1.54) is 10.6 Å². The Balaban J connectivity index is 1.99. The van der Waals surface area contributed by atoms with Crippen molar-refractivity contribution >= 4 is 24.2 Å². The van der Waals surface area contributed by atoms with Crippen molar-refractivity contribution in [3.05, 3.63) is 96.1 Å². The van der Waals surface area contributed by atoms with E-state index in [0.717, 1.165) is 16.8 Å². The Morgan fingerprint density at radius 3 is 1.79 bits per heavy atom. The van der Waals surface area contributed by atoms with E-state index in [-0.39, 0.29) is 0 Å². The lowest BCUT2D eigenvalue weighted by Gasteiger charge is -2.20. The molecule has 0 radical (unpaired) electrons. The van der Waals surface area contributed by atoms with E-state index < -0.39 is 7.92 Å². The molecular weight excluding hydrogens is 313 g/mol. The third kappa shape index (κ3) is 3.72. The first-order valence-corrected chi connectivity index (χ1v) is 9.47. The molecule has 0 bridgehead atoms. The van der Waals surface area contributed by atoms with Crippen molar-refractivity contribution in [3.8, 4) is 0 Å². The molecule has 2 nitrogen and oxygen atoms in total. The molecule has 0 aliphatic carbocycles. The minimum Gasteiger partial charge on any atom is -0.411 e. The molecule has 3 aromatic carbocycles. The smallest absolute Gasteiger partial charge is 0.0919 e. The minimum atomic E-state index is -0.623. The van der Waals surface area contributed by atoms with Crippen LogP contribution in [0.3, 0.4) is 0 Å². The third-order valence-corrected chi connectivity index (χ3v) is 6.48. The quantitative estimate of drug-likeness (QED) is 0.321. The fourth-order valence-corrected chi connectivity index (χ4v) is 5.03. The van der Waals surface area contributed by atoms with E-state index in [4.69, 9.17) is 0 Å². The van der Waals surface area contributed by atoms with Crippen molar-refractivity contribution in [2.24, 2.45) is 5.16 Å². The highest BCUT2D eigenvalue weighted by atomic mass is 31.1. The zero-order valence-electron chi connectivity index (χ0n) is 13.6. The van der Waals surface area contributed by atoms with Gasteiger partial charge in [-0.15, -0.1) is 0 Å². The van der Waals surface area contributed by atoms with Crippen LogP contribution in [0.5, 0.6) is 0 Å². The lowest BCUT2D eigenvalue weighted by Crippen LogP contribution is -2.19. The first kappa shape index (κ1) is 16.4. The van der Waals surface area contributed by atoms with Gasteiger partial charge in [0.05, 0.1) is 5.71 Å². The summed E-state index contributed by atoms with van der Waals surface area (Å²) in [4.78, 5) is 0. The molecule has 0 atom stereocenters. The van der Waals surface area contributed by atoms with Crippen LogP contribution in [0.2, 0.25) is 0 Å². The van der Waals surface area contributed by atoms with Gasteiger partial charge in [0.25, 0.3) is 0 Å². The lowest BCUT2D eigenvalue weighted by molar-refractivity contribution is 0.319. The van der Waals surface area contributed by atoms with Crippen LogP contribution < -0.4 is 10.6 Å². The molecule has 0 aliphatic rings. The van der Waals surface area contributed by atoms with Gasteiger partial charge in [-0.1, -0.05) is 90.1 Å². The Labute approximate surface area is 144 Å². The van der Waals surface area contributed by atoms with Crippen molar-refractivity contribution in [1.29, 1.82) is 0 Å². The highest BCUT2D eigenvalue weighted by Crippen LogP contribution is 2.34. The average molecular weight is 333 g/mol. The fourth-order valence-electron chi connectivity index (χ4n) is 2.76. The molecule has 0 saturated heterocycles. The molecule has 0 aromatic heterocycles. The van der Waals surface area contributed by atoms with Crippen LogP contribution in [0.1, 0.15) is 11.1 Å². The van der Waals surface area contributed by atoms with Gasteiger partial charge in [0, 0.05) is 11.7 Å². The van der Waals surface area contributed by atoms with Gasteiger partial charge in [-0.05, 0) is 31.0 Å². The molecule has 0 heterocycles. The Kier molecular flexibility index (Phi) is 5.40. The van der Waals surface area contributed by atoms with E-state index in [1.807, 2.05) is 43.3 Å². The summed E-state index contributed by atoms with van der Waals surface area (Å²) in [5.41, 5.74) is 2.88. The largest absolute Gasteiger partial charge is 0.411 e. The van der Waals surface area contributed by atoms with E-state index in [0.29, 0.717) is 6.16 Å². The van der Waals surface area contributed by atoms with E-state index >= 15 is 0 Å². The first-order valence-electron chi connectivity index (χ1n) is 7.94. The maximum Gasteiger partial charge on any atom is 0.0919 e. The number of nitrogens with zero attached hydrogens (tertiary/aromatic N) is 1. The Morgan fingerprint density at radius 1 is 0.792 bits per heavy atom. The maximum atomic E-state index is 9.64. The summed E-state index contributed by atoms with van der Waals surface area (Å²) in [5.74, 6) is 0. The van der Waals surface area contributed by atoms with E-state index in [9.17, 15) is 5.21 Å². The van der Waals surface area contributed by atoms with Gasteiger partial charge in [0.15, 0.2) is 0 Å². The summed E-state index contributed by atoms with van der Waals surface area (Å²) in [6.07, 6.45) is 0.713. The Hall–Kier alpha value is -2.44. The molecule has 3 heteroatoms. The molecule has 1 N–H and O–H groups in total. The summed E-state index contributed by atoms with van der Waals surface area (Å²) in [6.45, 7) is 2.05. The summed E-state index contributed by atoms with van der Waals surface area (Å²) in [6, 6.07) is 29.0. The van der Waals surface area contributed by atoms with Crippen molar-refractivity contribution in [2.45, 2.75) is 6.92 Å². The normalized spacial score (nSPS) is 11.7. The van der Waals surface area contributed by atoms with Crippen LogP contribution in [0, 0.1) is 6.92 Å². The second kappa shape index (κ2) is 7.90. The molecule has 3 rings (SSSR count). The van der Waals surface area contributed by atoms with E-state index in [2.05, 4.69) is 53.7 Å². The number of rotatable bonds is 5. The van der Waals surface area contributed by atoms with Gasteiger partial charge in [-0.2, -0.15) is 0 Å². The van der Waals surface area contributed by atoms with Gasteiger partial charge in [0.1, 0.15) is 0 Å². The van der Waals surface area contributed by atoms with Crippen LogP contribution in [0.25, 0.3) is 0 Å². The second-order valence-electron chi connectivity index (χ2n) is 5.62. The highest BCUT2D eigenvalue weighted by molar-refractivity contribution is 7.73. The van der Waals surface area contributed by atoms with Crippen LogP contribution in [-0.2, 0) is 0 Å². The lowest BCUT2D eigenvalue weighted by atomic mass is 10.1. The van der Waals surface area contributed by atoms with Crippen molar-refractivity contribution in [3.63, 3.8) is 0 Å². The second-order valence-corrected chi connectivity index (χ2v) is 7.82. The minimum absolute atomic E-state index is 0.623. The Morgan fingerprint density at radius 2 is 1.29 bits per heavy atom. The number of hydrogen-bond donors (Lipinski definition) is 1. The summed E-state index contributed by atoms with van der Waals surface area (Å²) in [7, 11) is -0.623. The van der Waals surface area contributed by atoms with Crippen LogP contribution in [0.15, 0.2) is 90.1 Å². The Bertz CT molecular complexity index is 776. The topological polar surface area (TPSA) is 32.6 Å². The molecule has 0 spiro atoms. The van der Waals surface area contributed by atoms with Gasteiger partial charge in [0.2, 0.25) is 0 Å². The molecular formula is C21H20NOP. The van der Waals surface area contributed by atoms with Gasteiger partial charge < -0.3 is 5.21 Å². The van der Waals surface area contributed by atoms with Crippen molar-refractivity contribution in [2.75, 3.05) is 6.16 Å². The molecule has 0 saturated carbocycles. The molecule has 0 fully saturated rings. The highest BCUT2D eigenvalue weighted by Gasteiger charge is 2.18. The van der Waals surface area contributed by atoms with Crippen molar-refractivity contribution in [1.82, 2.24) is 0 Å². The first-order chi connectivity index (χ1) is 11.8. The number of oxime groups is 1. The van der Waals surface area contributed by atoms with E-state index in [1.54, 1.807) is 0 Å². The number of hydrogen-bond acceptors (Lipinski definition) is 2. The fraction of sp³-hybridized carbons (Fsp3) is 0.0952. The zero-order chi connectivity index (χ0) is 16.8. The summed E-state index contributed by atoms with van der Waals surface area (Å²) in [5, 5.41) is 15.9. The van der Waals surface area contributed by atoms with Gasteiger partial charge in [-0.25, -0.2) is 0 Å². The summed E-state index contributed by atoms with van der Waals surface area (Å²) < 4.78 is 0. The van der Waals surface area contributed by atoms with Crippen molar-refractivity contribution < 1.29 is 5.21 Å². The molecule has 0 amide bonds. The molecule has 3 aromatic rings. The SMILES string of the molecule is Cc1ccccc1C(CP(c1ccccc1)c1ccccc1)=NO. The predicted molar refractivity (Wildman–Crippen MR) is 103 cm³/mol. The van der Waals surface area contributed by atoms with Gasteiger partial charge >= 0.3 is 0 Å². The zero-order valence-corrected chi connectivity index (χ0v) is 14.5. The van der Waals surface area contributed by atoms with Crippen LogP contribution >= 0.6 is 7.92 Å². The number of aryl methyl sites for hydroxylation is 1.